The monoisotopic (exact) mass is 349 g/mol. The molecule has 6 nitrogen and oxygen atoms in total. The van der Waals surface area contributed by atoms with Gasteiger partial charge in [0.2, 0.25) is 5.91 Å². The molecule has 0 heterocycles. The summed E-state index contributed by atoms with van der Waals surface area (Å²) in [4.78, 5) is 11.0. The first-order chi connectivity index (χ1) is 11.4. The van der Waals surface area contributed by atoms with Crippen LogP contribution < -0.4 is 14.2 Å². The van der Waals surface area contributed by atoms with Crippen LogP contribution in [-0.2, 0) is 21.3 Å². The molecule has 0 spiro atoms. The van der Waals surface area contributed by atoms with E-state index in [-0.39, 0.29) is 22.3 Å². The Balaban J connectivity index is 2.29. The molecule has 0 atom stereocenters. The molecule has 0 aliphatic carbocycles. The van der Waals surface area contributed by atoms with Crippen molar-refractivity contribution in [1.29, 1.82) is 0 Å². The second-order valence-electron chi connectivity index (χ2n) is 5.08. The number of benzene rings is 2. The molecule has 0 unspecified atom stereocenters. The summed E-state index contributed by atoms with van der Waals surface area (Å²) in [7, 11) is -2.63. The first-order valence-electron chi connectivity index (χ1n) is 7.34. The lowest BCUT2D eigenvalue weighted by molar-refractivity contribution is -0.114. The van der Waals surface area contributed by atoms with Gasteiger partial charge in [-0.1, -0.05) is 13.0 Å². The van der Waals surface area contributed by atoms with Gasteiger partial charge in [-0.05, 0) is 48.4 Å². The fourth-order valence-electron chi connectivity index (χ4n) is 2.11. The lowest BCUT2D eigenvalue weighted by atomic mass is 10.2. The van der Waals surface area contributed by atoms with E-state index in [1.54, 1.807) is 30.3 Å². The summed E-state index contributed by atoms with van der Waals surface area (Å²) in [5.41, 5.74) is 1.41. The SMILES string of the molecule is CCc1ccc(OC)c(S(=O)(=O)Oc2ccc(NC(C)=O)cc2)c1. The summed E-state index contributed by atoms with van der Waals surface area (Å²) >= 11 is 0. The van der Waals surface area contributed by atoms with Crippen LogP contribution in [0.1, 0.15) is 19.4 Å². The molecule has 0 saturated heterocycles. The molecule has 0 radical (unpaired) electrons. The molecule has 24 heavy (non-hydrogen) atoms. The number of anilines is 1. The maximum atomic E-state index is 12.5. The minimum absolute atomic E-state index is 0.0183. The zero-order valence-corrected chi connectivity index (χ0v) is 14.5. The van der Waals surface area contributed by atoms with Crippen molar-refractivity contribution in [2.45, 2.75) is 25.2 Å². The smallest absolute Gasteiger partial charge is 0.342 e. The van der Waals surface area contributed by atoms with Crippen molar-refractivity contribution >= 4 is 21.7 Å². The van der Waals surface area contributed by atoms with E-state index in [1.165, 1.54) is 26.2 Å². The molecule has 1 N–H and O–H groups in total. The van der Waals surface area contributed by atoms with Crippen molar-refractivity contribution in [3.8, 4) is 11.5 Å². The fraction of sp³-hybridized carbons (Fsp3) is 0.235. The second kappa shape index (κ2) is 7.35. The Labute approximate surface area is 141 Å². The summed E-state index contributed by atoms with van der Waals surface area (Å²) in [5.74, 6) is 0.160. The molecule has 0 aliphatic heterocycles. The molecule has 2 rings (SSSR count). The van der Waals surface area contributed by atoms with Gasteiger partial charge in [-0.2, -0.15) is 8.42 Å². The van der Waals surface area contributed by atoms with Gasteiger partial charge in [-0.25, -0.2) is 0 Å². The number of ether oxygens (including phenoxy) is 1. The lowest BCUT2D eigenvalue weighted by Gasteiger charge is -2.12. The Morgan fingerprint density at radius 1 is 1.12 bits per heavy atom. The highest BCUT2D eigenvalue weighted by molar-refractivity contribution is 7.87. The zero-order chi connectivity index (χ0) is 17.7. The number of rotatable bonds is 6. The third-order valence-corrected chi connectivity index (χ3v) is 4.56. The Morgan fingerprint density at radius 2 is 1.79 bits per heavy atom. The Kier molecular flexibility index (Phi) is 5.46. The van der Waals surface area contributed by atoms with Gasteiger partial charge in [-0.15, -0.1) is 0 Å². The van der Waals surface area contributed by atoms with Crippen LogP contribution in [0.25, 0.3) is 0 Å². The molecule has 2 aromatic rings. The molecule has 0 saturated carbocycles. The largest absolute Gasteiger partial charge is 0.495 e. The van der Waals surface area contributed by atoms with E-state index < -0.39 is 10.1 Å². The molecule has 128 valence electrons. The van der Waals surface area contributed by atoms with Crippen LogP contribution in [0.2, 0.25) is 0 Å². The third kappa shape index (κ3) is 4.26. The quantitative estimate of drug-likeness (QED) is 0.811. The van der Waals surface area contributed by atoms with Gasteiger partial charge in [0.25, 0.3) is 0 Å². The second-order valence-corrected chi connectivity index (χ2v) is 6.60. The normalized spacial score (nSPS) is 11.0. The van der Waals surface area contributed by atoms with Crippen molar-refractivity contribution in [3.05, 3.63) is 48.0 Å². The average molecular weight is 349 g/mol. The highest BCUT2D eigenvalue weighted by atomic mass is 32.2. The van der Waals surface area contributed by atoms with Crippen LogP contribution in [0.4, 0.5) is 5.69 Å². The van der Waals surface area contributed by atoms with Crippen molar-refractivity contribution in [1.82, 2.24) is 0 Å². The van der Waals surface area contributed by atoms with E-state index in [0.29, 0.717) is 12.1 Å². The first-order valence-corrected chi connectivity index (χ1v) is 8.75. The number of hydrogen-bond donors (Lipinski definition) is 1. The Morgan fingerprint density at radius 3 is 2.33 bits per heavy atom. The summed E-state index contributed by atoms with van der Waals surface area (Å²) in [6.45, 7) is 3.32. The van der Waals surface area contributed by atoms with Gasteiger partial charge < -0.3 is 14.2 Å². The first kappa shape index (κ1) is 17.8. The number of aryl methyl sites for hydroxylation is 1. The van der Waals surface area contributed by atoms with E-state index in [1.807, 2.05) is 6.92 Å². The van der Waals surface area contributed by atoms with Crippen LogP contribution in [0.3, 0.4) is 0 Å². The molecular formula is C17H19NO5S. The maximum Gasteiger partial charge on any atom is 0.342 e. The third-order valence-electron chi connectivity index (χ3n) is 3.29. The van der Waals surface area contributed by atoms with Crippen molar-refractivity contribution in [2.24, 2.45) is 0 Å². The summed E-state index contributed by atoms with van der Waals surface area (Å²) < 4.78 is 35.4. The van der Waals surface area contributed by atoms with E-state index >= 15 is 0 Å². The predicted molar refractivity (Wildman–Crippen MR) is 90.9 cm³/mol. The molecule has 0 aromatic heterocycles. The average Bonchev–Trinajstić information content (AvgIpc) is 2.55. The van der Waals surface area contributed by atoms with Gasteiger partial charge in [0.15, 0.2) is 0 Å². The van der Waals surface area contributed by atoms with E-state index in [0.717, 1.165) is 5.56 Å². The number of hydrogen-bond acceptors (Lipinski definition) is 5. The predicted octanol–water partition coefficient (Wildman–Crippen LogP) is 2.98. The Hall–Kier alpha value is -2.54. The topological polar surface area (TPSA) is 81.7 Å². The standard InChI is InChI=1S/C17H19NO5S/c1-4-13-5-10-16(22-3)17(11-13)24(20,21)23-15-8-6-14(7-9-15)18-12(2)19/h5-11H,4H2,1-3H3,(H,18,19). The van der Waals surface area contributed by atoms with Crippen LogP contribution in [0.15, 0.2) is 47.4 Å². The summed E-state index contributed by atoms with van der Waals surface area (Å²) in [5, 5.41) is 2.60. The Bertz CT molecular complexity index is 829. The maximum absolute atomic E-state index is 12.5. The van der Waals surface area contributed by atoms with Gasteiger partial charge in [0.1, 0.15) is 16.4 Å². The van der Waals surface area contributed by atoms with Crippen LogP contribution in [0, 0.1) is 0 Å². The number of nitrogens with one attached hydrogen (secondary N) is 1. The molecule has 0 bridgehead atoms. The van der Waals surface area contributed by atoms with Crippen LogP contribution in [0.5, 0.6) is 11.5 Å². The van der Waals surface area contributed by atoms with Gasteiger partial charge in [0, 0.05) is 12.6 Å². The number of carbonyl (C=O) groups is 1. The molecule has 0 fully saturated rings. The number of amides is 1. The van der Waals surface area contributed by atoms with Crippen LogP contribution >= 0.6 is 0 Å². The summed E-state index contributed by atoms with van der Waals surface area (Å²) in [6, 6.07) is 11.0. The number of carbonyl (C=O) groups excluding carboxylic acids is 1. The molecule has 2 aromatic carbocycles. The minimum atomic E-state index is -4.04. The molecule has 7 heteroatoms. The van der Waals surface area contributed by atoms with Crippen molar-refractivity contribution in [3.63, 3.8) is 0 Å². The highest BCUT2D eigenvalue weighted by Gasteiger charge is 2.22. The summed E-state index contributed by atoms with van der Waals surface area (Å²) in [6.07, 6.45) is 0.692. The fourth-order valence-corrected chi connectivity index (χ4v) is 3.25. The van der Waals surface area contributed by atoms with Crippen LogP contribution in [-0.4, -0.2) is 21.4 Å². The van der Waals surface area contributed by atoms with Crippen molar-refractivity contribution in [2.75, 3.05) is 12.4 Å². The van der Waals surface area contributed by atoms with Gasteiger partial charge >= 0.3 is 10.1 Å². The highest BCUT2D eigenvalue weighted by Crippen LogP contribution is 2.28. The molecule has 1 amide bonds. The molecule has 0 aliphatic rings. The molecular weight excluding hydrogens is 330 g/mol. The van der Waals surface area contributed by atoms with E-state index in [2.05, 4.69) is 5.32 Å². The lowest BCUT2D eigenvalue weighted by Crippen LogP contribution is -2.12. The minimum Gasteiger partial charge on any atom is -0.495 e. The van der Waals surface area contributed by atoms with E-state index in [9.17, 15) is 13.2 Å². The van der Waals surface area contributed by atoms with Crippen molar-refractivity contribution < 1.29 is 22.1 Å². The van der Waals surface area contributed by atoms with Gasteiger partial charge in [-0.3, -0.25) is 4.79 Å². The zero-order valence-electron chi connectivity index (χ0n) is 13.7. The number of methoxy groups -OCH3 is 1. The van der Waals surface area contributed by atoms with E-state index in [4.69, 9.17) is 8.92 Å². The van der Waals surface area contributed by atoms with Gasteiger partial charge in [0.05, 0.1) is 7.11 Å².